The highest BCUT2D eigenvalue weighted by atomic mass is 16.2. The quantitative estimate of drug-likeness (QED) is 0.635. The first-order valence-corrected chi connectivity index (χ1v) is 4.69. The van der Waals surface area contributed by atoms with Crippen molar-refractivity contribution in [1.82, 2.24) is 10.6 Å². The summed E-state index contributed by atoms with van der Waals surface area (Å²) in [6.45, 7) is 4.42. The Morgan fingerprint density at radius 2 is 1.79 bits per heavy atom. The van der Waals surface area contributed by atoms with Crippen LogP contribution in [0.4, 0.5) is 0 Å². The molecular formula is C10H18N2O2. The van der Waals surface area contributed by atoms with Crippen molar-refractivity contribution in [2.45, 2.75) is 26.7 Å². The zero-order valence-corrected chi connectivity index (χ0v) is 9.02. The standard InChI is InChI=1S/C10H18N2O2/c1-4-8(2)7-12-10(14)6-5-9(13)11-3/h4H,5-7H2,1-3H3,(H,11,13)(H,12,14). The molecule has 0 aromatic carbocycles. The molecule has 2 N–H and O–H groups in total. The van der Waals surface area contributed by atoms with Crippen LogP contribution in [-0.2, 0) is 9.59 Å². The van der Waals surface area contributed by atoms with Crippen molar-refractivity contribution in [3.8, 4) is 0 Å². The Hall–Kier alpha value is -1.32. The molecule has 14 heavy (non-hydrogen) atoms. The Balaban J connectivity index is 3.61. The van der Waals surface area contributed by atoms with Crippen molar-refractivity contribution in [3.63, 3.8) is 0 Å². The van der Waals surface area contributed by atoms with Crippen LogP contribution in [0.15, 0.2) is 11.6 Å². The maximum Gasteiger partial charge on any atom is 0.220 e. The summed E-state index contributed by atoms with van der Waals surface area (Å²) < 4.78 is 0. The summed E-state index contributed by atoms with van der Waals surface area (Å²) in [5.41, 5.74) is 1.11. The number of rotatable bonds is 5. The molecular weight excluding hydrogens is 180 g/mol. The maximum atomic E-state index is 11.2. The topological polar surface area (TPSA) is 58.2 Å². The van der Waals surface area contributed by atoms with E-state index in [1.165, 1.54) is 0 Å². The lowest BCUT2D eigenvalue weighted by atomic mass is 10.2. The van der Waals surface area contributed by atoms with Crippen molar-refractivity contribution in [3.05, 3.63) is 11.6 Å². The van der Waals surface area contributed by atoms with Gasteiger partial charge in [-0.2, -0.15) is 0 Å². The number of amides is 2. The molecule has 2 amide bonds. The Labute approximate surface area is 84.8 Å². The van der Waals surface area contributed by atoms with Crippen LogP contribution in [0.2, 0.25) is 0 Å². The highest BCUT2D eigenvalue weighted by molar-refractivity contribution is 5.83. The summed E-state index contributed by atoms with van der Waals surface area (Å²) in [6.07, 6.45) is 2.44. The van der Waals surface area contributed by atoms with Gasteiger partial charge in [0, 0.05) is 26.4 Å². The van der Waals surface area contributed by atoms with Gasteiger partial charge in [0.1, 0.15) is 0 Å². The molecule has 0 heterocycles. The van der Waals surface area contributed by atoms with Gasteiger partial charge in [0.05, 0.1) is 0 Å². The molecule has 0 saturated heterocycles. The number of carbonyl (C=O) groups is 2. The third-order valence-corrected chi connectivity index (χ3v) is 1.92. The lowest BCUT2D eigenvalue weighted by Gasteiger charge is -2.04. The summed E-state index contributed by atoms with van der Waals surface area (Å²) in [5, 5.41) is 5.19. The number of hydrogen-bond acceptors (Lipinski definition) is 2. The molecule has 0 aromatic heterocycles. The molecule has 0 atom stereocenters. The summed E-state index contributed by atoms with van der Waals surface area (Å²) in [4.78, 5) is 22.0. The van der Waals surface area contributed by atoms with Gasteiger partial charge in [-0.1, -0.05) is 11.6 Å². The van der Waals surface area contributed by atoms with Gasteiger partial charge in [-0.15, -0.1) is 0 Å². The summed E-state index contributed by atoms with van der Waals surface area (Å²) in [7, 11) is 1.56. The Morgan fingerprint density at radius 3 is 2.29 bits per heavy atom. The van der Waals surface area contributed by atoms with Gasteiger partial charge >= 0.3 is 0 Å². The summed E-state index contributed by atoms with van der Waals surface area (Å²) in [6, 6.07) is 0. The third kappa shape index (κ3) is 6.22. The maximum absolute atomic E-state index is 11.2. The molecule has 0 spiro atoms. The number of carbonyl (C=O) groups excluding carboxylic acids is 2. The van der Waals surface area contributed by atoms with Gasteiger partial charge in [0.15, 0.2) is 0 Å². The Kier molecular flexibility index (Phi) is 6.45. The first-order valence-electron chi connectivity index (χ1n) is 4.69. The van der Waals surface area contributed by atoms with Crippen molar-refractivity contribution >= 4 is 11.8 Å². The van der Waals surface area contributed by atoms with E-state index >= 15 is 0 Å². The van der Waals surface area contributed by atoms with E-state index in [0.29, 0.717) is 6.54 Å². The summed E-state index contributed by atoms with van der Waals surface area (Å²) in [5.74, 6) is -0.197. The molecule has 4 nitrogen and oxygen atoms in total. The molecule has 0 fully saturated rings. The lowest BCUT2D eigenvalue weighted by molar-refractivity contribution is -0.126. The van der Waals surface area contributed by atoms with Crippen LogP contribution in [-0.4, -0.2) is 25.4 Å². The van der Waals surface area contributed by atoms with Gasteiger partial charge in [-0.25, -0.2) is 0 Å². The fourth-order valence-electron chi connectivity index (χ4n) is 0.781. The van der Waals surface area contributed by atoms with Crippen molar-refractivity contribution in [2.75, 3.05) is 13.6 Å². The Bertz CT molecular complexity index is 234. The first-order chi connectivity index (χ1) is 6.60. The van der Waals surface area contributed by atoms with Crippen molar-refractivity contribution in [2.24, 2.45) is 0 Å². The molecule has 0 saturated carbocycles. The molecule has 0 bridgehead atoms. The van der Waals surface area contributed by atoms with Crippen LogP contribution in [0, 0.1) is 0 Å². The first kappa shape index (κ1) is 12.7. The van der Waals surface area contributed by atoms with E-state index in [1.54, 1.807) is 7.05 Å². The van der Waals surface area contributed by atoms with Crippen molar-refractivity contribution in [1.29, 1.82) is 0 Å². The smallest absolute Gasteiger partial charge is 0.220 e. The summed E-state index contributed by atoms with van der Waals surface area (Å²) >= 11 is 0. The monoisotopic (exact) mass is 198 g/mol. The fourth-order valence-corrected chi connectivity index (χ4v) is 0.781. The highest BCUT2D eigenvalue weighted by Crippen LogP contribution is 1.91. The fraction of sp³-hybridized carbons (Fsp3) is 0.600. The zero-order chi connectivity index (χ0) is 11.0. The van der Waals surface area contributed by atoms with Crippen LogP contribution in [0.5, 0.6) is 0 Å². The van der Waals surface area contributed by atoms with Crippen LogP contribution in [0.3, 0.4) is 0 Å². The molecule has 0 aliphatic carbocycles. The Morgan fingerprint density at radius 1 is 1.21 bits per heavy atom. The van der Waals surface area contributed by atoms with E-state index in [9.17, 15) is 9.59 Å². The molecule has 80 valence electrons. The average Bonchev–Trinajstić information content (AvgIpc) is 2.22. The number of hydrogen-bond donors (Lipinski definition) is 2. The molecule has 0 aliphatic heterocycles. The largest absolute Gasteiger partial charge is 0.359 e. The number of nitrogens with one attached hydrogen (secondary N) is 2. The molecule has 0 rings (SSSR count). The van der Waals surface area contributed by atoms with E-state index in [2.05, 4.69) is 10.6 Å². The molecule has 4 heteroatoms. The van der Waals surface area contributed by atoms with Crippen LogP contribution < -0.4 is 10.6 Å². The zero-order valence-electron chi connectivity index (χ0n) is 9.02. The molecule has 0 aliphatic rings. The van der Waals surface area contributed by atoms with Crippen molar-refractivity contribution < 1.29 is 9.59 Å². The second kappa shape index (κ2) is 7.12. The number of allylic oxidation sites excluding steroid dienone is 1. The molecule has 0 aromatic rings. The lowest BCUT2D eigenvalue weighted by Crippen LogP contribution is -2.27. The van der Waals surface area contributed by atoms with E-state index in [4.69, 9.17) is 0 Å². The van der Waals surface area contributed by atoms with Gasteiger partial charge in [-0.05, 0) is 13.8 Å². The normalized spacial score (nSPS) is 10.9. The minimum absolute atomic E-state index is 0.0881. The minimum Gasteiger partial charge on any atom is -0.359 e. The van der Waals surface area contributed by atoms with E-state index < -0.39 is 0 Å². The van der Waals surface area contributed by atoms with Gasteiger partial charge in [0.25, 0.3) is 0 Å². The predicted molar refractivity (Wildman–Crippen MR) is 55.7 cm³/mol. The predicted octanol–water partition coefficient (Wildman–Crippen LogP) is 0.595. The molecule has 0 unspecified atom stereocenters. The van der Waals surface area contributed by atoms with Crippen LogP contribution >= 0.6 is 0 Å². The van der Waals surface area contributed by atoms with Gasteiger partial charge in [0.2, 0.25) is 11.8 Å². The third-order valence-electron chi connectivity index (χ3n) is 1.92. The second-order valence-corrected chi connectivity index (χ2v) is 3.08. The van der Waals surface area contributed by atoms with E-state index in [-0.39, 0.29) is 24.7 Å². The minimum atomic E-state index is -0.108. The SMILES string of the molecule is CC=C(C)CNC(=O)CCC(=O)NC. The van der Waals surface area contributed by atoms with Gasteiger partial charge in [-0.3, -0.25) is 9.59 Å². The van der Waals surface area contributed by atoms with E-state index in [0.717, 1.165) is 5.57 Å². The highest BCUT2D eigenvalue weighted by Gasteiger charge is 2.04. The second-order valence-electron chi connectivity index (χ2n) is 3.08. The van der Waals surface area contributed by atoms with Crippen LogP contribution in [0.1, 0.15) is 26.7 Å². The van der Waals surface area contributed by atoms with Crippen LogP contribution in [0.25, 0.3) is 0 Å². The van der Waals surface area contributed by atoms with E-state index in [1.807, 2.05) is 19.9 Å². The molecule has 0 radical (unpaired) electrons. The van der Waals surface area contributed by atoms with Gasteiger partial charge < -0.3 is 10.6 Å². The average molecular weight is 198 g/mol.